The van der Waals surface area contributed by atoms with Gasteiger partial charge in [-0.05, 0) is 42.3 Å². The molecular formula is C17H17ClN2O. The van der Waals surface area contributed by atoms with Crippen LogP contribution in [-0.2, 0) is 4.79 Å². The average molecular weight is 301 g/mol. The molecule has 0 saturated heterocycles. The molecule has 0 aliphatic rings. The van der Waals surface area contributed by atoms with Gasteiger partial charge in [0.15, 0.2) is 0 Å². The van der Waals surface area contributed by atoms with Crippen LogP contribution in [0.2, 0.25) is 5.02 Å². The van der Waals surface area contributed by atoms with Crippen molar-refractivity contribution in [3.8, 4) is 0 Å². The number of hydrogen-bond acceptors (Lipinski definition) is 2. The number of nitrogens with one attached hydrogen (secondary N) is 1. The molecule has 3 nitrogen and oxygen atoms in total. The predicted molar refractivity (Wildman–Crippen MR) is 87.9 cm³/mol. The molecule has 2 aromatic rings. The lowest BCUT2D eigenvalue weighted by molar-refractivity contribution is -0.117. The highest BCUT2D eigenvalue weighted by Crippen LogP contribution is 2.22. The highest BCUT2D eigenvalue weighted by atomic mass is 35.5. The van der Waals surface area contributed by atoms with Crippen LogP contribution in [0.25, 0.3) is 6.08 Å². The molecule has 3 N–H and O–H groups in total. The first-order valence-electron chi connectivity index (χ1n) is 6.65. The monoisotopic (exact) mass is 300 g/mol. The van der Waals surface area contributed by atoms with E-state index >= 15 is 0 Å². The van der Waals surface area contributed by atoms with E-state index in [0.29, 0.717) is 10.7 Å². The summed E-state index contributed by atoms with van der Waals surface area (Å²) >= 11 is 6.11. The summed E-state index contributed by atoms with van der Waals surface area (Å²) in [4.78, 5) is 11.9. The zero-order valence-corrected chi connectivity index (χ0v) is 12.5. The fourth-order valence-electron chi connectivity index (χ4n) is 2.00. The molecule has 1 amide bonds. The lowest BCUT2D eigenvalue weighted by Crippen LogP contribution is -2.24. The Morgan fingerprint density at radius 2 is 2.00 bits per heavy atom. The molecule has 0 aliphatic carbocycles. The normalized spacial score (nSPS) is 12.3. The van der Waals surface area contributed by atoms with Crippen molar-refractivity contribution >= 4 is 29.3 Å². The summed E-state index contributed by atoms with van der Waals surface area (Å²) in [5.74, 6) is -0.176. The number of rotatable bonds is 4. The van der Waals surface area contributed by atoms with E-state index in [1.807, 2.05) is 43.3 Å². The summed E-state index contributed by atoms with van der Waals surface area (Å²) in [7, 11) is 0. The Labute approximate surface area is 129 Å². The number of halogens is 1. The number of amides is 1. The summed E-state index contributed by atoms with van der Waals surface area (Å²) in [5.41, 5.74) is 8.14. The molecule has 1 unspecified atom stereocenters. The molecule has 0 heterocycles. The van der Waals surface area contributed by atoms with Gasteiger partial charge < -0.3 is 11.1 Å². The first-order valence-corrected chi connectivity index (χ1v) is 7.02. The summed E-state index contributed by atoms with van der Waals surface area (Å²) < 4.78 is 0. The summed E-state index contributed by atoms with van der Waals surface area (Å²) in [6.45, 7) is 1.90. The third kappa shape index (κ3) is 4.36. The number of anilines is 1. The number of carbonyl (C=O) groups is 1. The lowest BCUT2D eigenvalue weighted by atomic mass is 10.1. The topological polar surface area (TPSA) is 55.1 Å². The van der Waals surface area contributed by atoms with E-state index in [-0.39, 0.29) is 11.9 Å². The first-order chi connectivity index (χ1) is 10.1. The van der Waals surface area contributed by atoms with Gasteiger partial charge in [-0.2, -0.15) is 0 Å². The van der Waals surface area contributed by atoms with E-state index in [1.54, 1.807) is 18.2 Å². The fourth-order valence-corrected chi connectivity index (χ4v) is 2.30. The van der Waals surface area contributed by atoms with Crippen molar-refractivity contribution in [3.05, 3.63) is 70.8 Å². The Kier molecular flexibility index (Phi) is 5.01. The zero-order valence-electron chi connectivity index (χ0n) is 11.7. The predicted octanol–water partition coefficient (Wildman–Crippen LogP) is 3.81. The molecule has 108 valence electrons. The summed E-state index contributed by atoms with van der Waals surface area (Å²) in [6.07, 6.45) is 3.22. The van der Waals surface area contributed by atoms with Gasteiger partial charge in [-0.3, -0.25) is 4.79 Å². The molecule has 0 radical (unpaired) electrons. The van der Waals surface area contributed by atoms with Crippen LogP contribution in [0.1, 0.15) is 24.1 Å². The molecule has 2 rings (SSSR count). The summed E-state index contributed by atoms with van der Waals surface area (Å²) in [5, 5.41) is 3.52. The number of hydrogen-bond donors (Lipinski definition) is 2. The van der Waals surface area contributed by atoms with Crippen molar-refractivity contribution in [1.29, 1.82) is 0 Å². The van der Waals surface area contributed by atoms with Gasteiger partial charge in [-0.15, -0.1) is 0 Å². The van der Waals surface area contributed by atoms with Gasteiger partial charge in [0, 0.05) is 16.8 Å². The molecule has 21 heavy (non-hydrogen) atoms. The second kappa shape index (κ2) is 6.95. The highest BCUT2D eigenvalue weighted by molar-refractivity contribution is 6.31. The molecule has 0 aliphatic heterocycles. The van der Waals surface area contributed by atoms with E-state index in [1.165, 1.54) is 6.08 Å². The molecule has 0 fully saturated rings. The molecular weight excluding hydrogens is 284 g/mol. The second-order valence-electron chi connectivity index (χ2n) is 4.76. The Morgan fingerprint density at radius 3 is 2.71 bits per heavy atom. The van der Waals surface area contributed by atoms with Crippen LogP contribution in [0, 0.1) is 0 Å². The lowest BCUT2D eigenvalue weighted by Gasteiger charge is -2.14. The Morgan fingerprint density at radius 1 is 1.24 bits per heavy atom. The van der Waals surface area contributed by atoms with Gasteiger partial charge in [0.1, 0.15) is 0 Å². The van der Waals surface area contributed by atoms with Crippen LogP contribution in [0.4, 0.5) is 5.69 Å². The Bertz CT molecular complexity index is 667. The van der Waals surface area contributed by atoms with Crippen LogP contribution in [0.5, 0.6) is 0 Å². The Hall–Kier alpha value is -2.26. The Balaban J connectivity index is 2.00. The van der Waals surface area contributed by atoms with Crippen molar-refractivity contribution in [1.82, 2.24) is 5.32 Å². The van der Waals surface area contributed by atoms with Crippen molar-refractivity contribution < 1.29 is 4.79 Å². The summed E-state index contributed by atoms with van der Waals surface area (Å²) in [6, 6.07) is 14.6. The smallest absolute Gasteiger partial charge is 0.244 e. The minimum absolute atomic E-state index is 0.156. The maximum absolute atomic E-state index is 11.9. The fraction of sp³-hybridized carbons (Fsp3) is 0.118. The SMILES string of the molecule is CC(NC(=O)/C=C/c1cccc(N)c1)c1ccccc1Cl. The standard InChI is InChI=1S/C17H17ClN2O/c1-12(15-7-2-3-8-16(15)18)20-17(21)10-9-13-5-4-6-14(19)11-13/h2-12H,19H2,1H3,(H,20,21)/b10-9+. The quantitative estimate of drug-likeness (QED) is 0.666. The molecule has 0 aromatic heterocycles. The largest absolute Gasteiger partial charge is 0.399 e. The molecule has 0 bridgehead atoms. The first kappa shape index (κ1) is 15.1. The minimum Gasteiger partial charge on any atom is -0.399 e. The van der Waals surface area contributed by atoms with Crippen molar-refractivity contribution in [2.24, 2.45) is 0 Å². The van der Waals surface area contributed by atoms with E-state index in [0.717, 1.165) is 11.1 Å². The van der Waals surface area contributed by atoms with Gasteiger partial charge in [0.05, 0.1) is 6.04 Å². The zero-order chi connectivity index (χ0) is 15.2. The van der Waals surface area contributed by atoms with E-state index in [4.69, 9.17) is 17.3 Å². The highest BCUT2D eigenvalue weighted by Gasteiger charge is 2.10. The van der Waals surface area contributed by atoms with E-state index in [2.05, 4.69) is 5.32 Å². The van der Waals surface area contributed by atoms with Crippen molar-refractivity contribution in [3.63, 3.8) is 0 Å². The third-order valence-corrected chi connectivity index (χ3v) is 3.41. The van der Waals surface area contributed by atoms with Gasteiger partial charge in [-0.1, -0.05) is 41.9 Å². The van der Waals surface area contributed by atoms with Crippen LogP contribution >= 0.6 is 11.6 Å². The maximum Gasteiger partial charge on any atom is 0.244 e. The molecule has 0 spiro atoms. The van der Waals surface area contributed by atoms with Crippen LogP contribution in [0.3, 0.4) is 0 Å². The third-order valence-electron chi connectivity index (χ3n) is 3.07. The number of nitrogens with two attached hydrogens (primary N) is 1. The second-order valence-corrected chi connectivity index (χ2v) is 5.16. The van der Waals surface area contributed by atoms with Crippen molar-refractivity contribution in [2.75, 3.05) is 5.73 Å². The molecule has 1 atom stereocenters. The van der Waals surface area contributed by atoms with Gasteiger partial charge in [0.2, 0.25) is 5.91 Å². The number of nitrogen functional groups attached to an aromatic ring is 1. The van der Waals surface area contributed by atoms with E-state index < -0.39 is 0 Å². The molecule has 2 aromatic carbocycles. The van der Waals surface area contributed by atoms with Gasteiger partial charge in [0.25, 0.3) is 0 Å². The molecule has 0 saturated carbocycles. The average Bonchev–Trinajstić information content (AvgIpc) is 2.45. The van der Waals surface area contributed by atoms with E-state index in [9.17, 15) is 4.79 Å². The minimum atomic E-state index is -0.176. The van der Waals surface area contributed by atoms with Crippen LogP contribution in [-0.4, -0.2) is 5.91 Å². The number of carbonyl (C=O) groups excluding carboxylic acids is 1. The van der Waals surface area contributed by atoms with Crippen molar-refractivity contribution in [2.45, 2.75) is 13.0 Å². The van der Waals surface area contributed by atoms with Crippen LogP contribution in [0.15, 0.2) is 54.6 Å². The van der Waals surface area contributed by atoms with Gasteiger partial charge >= 0.3 is 0 Å². The maximum atomic E-state index is 11.9. The molecule has 4 heteroatoms. The van der Waals surface area contributed by atoms with Crippen LogP contribution < -0.4 is 11.1 Å². The number of benzene rings is 2. The van der Waals surface area contributed by atoms with Gasteiger partial charge in [-0.25, -0.2) is 0 Å².